The van der Waals surface area contributed by atoms with E-state index in [1.807, 2.05) is 0 Å². The van der Waals surface area contributed by atoms with E-state index in [-0.39, 0.29) is 11.3 Å². The maximum atomic E-state index is 12.2. The number of nitrogens with zero attached hydrogens (tertiary/aromatic N) is 4. The largest absolute Gasteiger partial charge is 0.365 e. The van der Waals surface area contributed by atoms with E-state index in [0.29, 0.717) is 24.5 Å². The van der Waals surface area contributed by atoms with Crippen molar-refractivity contribution < 1.29 is 4.79 Å². The number of amides is 1. The summed E-state index contributed by atoms with van der Waals surface area (Å²) >= 11 is 0. The van der Waals surface area contributed by atoms with Crippen LogP contribution >= 0.6 is 0 Å². The van der Waals surface area contributed by atoms with Crippen LogP contribution in [0.1, 0.15) is 22.6 Å². The van der Waals surface area contributed by atoms with Gasteiger partial charge in [-0.1, -0.05) is 0 Å². The minimum absolute atomic E-state index is 0.147. The second kappa shape index (κ2) is 4.27. The van der Waals surface area contributed by atoms with Crippen molar-refractivity contribution in [2.24, 2.45) is 5.73 Å². The Bertz CT molecular complexity index is 708. The van der Waals surface area contributed by atoms with E-state index < -0.39 is 11.5 Å². The van der Waals surface area contributed by atoms with Gasteiger partial charge in [0.25, 0.3) is 11.5 Å². The summed E-state index contributed by atoms with van der Waals surface area (Å²) in [5, 5.41) is 0. The Kier molecular flexibility index (Phi) is 2.59. The number of hydrogen-bond acceptors (Lipinski definition) is 5. The van der Waals surface area contributed by atoms with Crippen LogP contribution in [0.2, 0.25) is 0 Å². The van der Waals surface area contributed by atoms with Gasteiger partial charge in [0, 0.05) is 12.7 Å². The van der Waals surface area contributed by atoms with Gasteiger partial charge in [-0.3, -0.25) is 14.2 Å². The Morgan fingerprint density at radius 1 is 1.47 bits per heavy atom. The van der Waals surface area contributed by atoms with Crippen molar-refractivity contribution in [3.63, 3.8) is 0 Å². The quantitative estimate of drug-likeness (QED) is 0.788. The Balaban J connectivity index is 2.33. The molecule has 94 valence electrons. The van der Waals surface area contributed by atoms with E-state index in [1.165, 1.54) is 17.1 Å². The number of nitrogens with two attached hydrogens (primary N) is 1. The number of carbonyl (C=O) groups is 1. The summed E-state index contributed by atoms with van der Waals surface area (Å²) in [6.07, 6.45) is 6.39. The molecule has 2 N–H and O–H groups in total. The molecule has 1 amide bonds. The van der Waals surface area contributed by atoms with Gasteiger partial charge in [0.15, 0.2) is 0 Å². The summed E-state index contributed by atoms with van der Waals surface area (Å²) in [7, 11) is 0. The van der Waals surface area contributed by atoms with Crippen LogP contribution in [0, 0.1) is 6.42 Å². The highest BCUT2D eigenvalue weighted by Crippen LogP contribution is 2.20. The molecule has 0 fully saturated rings. The molecular weight excluding hydrogens is 246 g/mol. The van der Waals surface area contributed by atoms with Gasteiger partial charge < -0.3 is 5.73 Å². The number of primary amides is 1. The van der Waals surface area contributed by atoms with Crippen LogP contribution in [0.3, 0.4) is 0 Å². The maximum Gasteiger partial charge on any atom is 0.267 e. The molecule has 0 atom stereocenters. The Morgan fingerprint density at radius 2 is 2.32 bits per heavy atom. The topological polar surface area (TPSA) is 104 Å². The molecule has 1 aliphatic rings. The Hall–Kier alpha value is -2.57. The van der Waals surface area contributed by atoms with Crippen molar-refractivity contribution in [1.29, 1.82) is 0 Å². The molecule has 2 aromatic rings. The SMILES string of the molecule is NC(=O)c1c(-c2ccncn2)nc2n(c1=O)CC[C]2. The second-order valence-corrected chi connectivity index (χ2v) is 4.00. The lowest BCUT2D eigenvalue weighted by molar-refractivity contribution is 0.0998. The third-order valence-corrected chi connectivity index (χ3v) is 2.86. The van der Waals surface area contributed by atoms with Gasteiger partial charge in [0.05, 0.1) is 12.1 Å². The van der Waals surface area contributed by atoms with Crippen molar-refractivity contribution >= 4 is 5.91 Å². The molecule has 2 radical (unpaired) electrons. The van der Waals surface area contributed by atoms with Gasteiger partial charge in [0.2, 0.25) is 0 Å². The zero-order chi connectivity index (χ0) is 13.4. The Labute approximate surface area is 108 Å². The first kappa shape index (κ1) is 11.5. The summed E-state index contributed by atoms with van der Waals surface area (Å²) in [5.74, 6) is -0.392. The number of aromatic nitrogens is 4. The molecule has 0 saturated carbocycles. The zero-order valence-corrected chi connectivity index (χ0v) is 9.83. The first-order valence-electron chi connectivity index (χ1n) is 5.63. The molecule has 0 saturated heterocycles. The van der Waals surface area contributed by atoms with Crippen LogP contribution in [0.4, 0.5) is 0 Å². The molecule has 3 heterocycles. The predicted octanol–water partition coefficient (Wildman–Crippen LogP) is -0.368. The summed E-state index contributed by atoms with van der Waals surface area (Å²) in [6, 6.07) is 1.57. The molecule has 7 nitrogen and oxygen atoms in total. The fraction of sp³-hybridized carbons (Fsp3) is 0.167. The molecule has 19 heavy (non-hydrogen) atoms. The first-order valence-corrected chi connectivity index (χ1v) is 5.63. The van der Waals surface area contributed by atoms with Crippen LogP contribution in [-0.2, 0) is 6.54 Å². The Morgan fingerprint density at radius 3 is 3.00 bits per heavy atom. The summed E-state index contributed by atoms with van der Waals surface area (Å²) < 4.78 is 1.39. The third-order valence-electron chi connectivity index (χ3n) is 2.86. The molecule has 1 aliphatic heterocycles. The fourth-order valence-corrected chi connectivity index (χ4v) is 2.01. The highest BCUT2D eigenvalue weighted by molar-refractivity contribution is 5.98. The van der Waals surface area contributed by atoms with E-state index >= 15 is 0 Å². The smallest absolute Gasteiger partial charge is 0.267 e. The van der Waals surface area contributed by atoms with Crippen LogP contribution in [0.15, 0.2) is 23.4 Å². The molecular formula is C12H9N5O2. The average molecular weight is 255 g/mol. The third kappa shape index (κ3) is 1.79. The van der Waals surface area contributed by atoms with Crippen molar-refractivity contribution in [2.75, 3.05) is 0 Å². The lowest BCUT2D eigenvalue weighted by atomic mass is 10.1. The molecule has 0 aliphatic carbocycles. The number of rotatable bonds is 2. The molecule has 0 spiro atoms. The highest BCUT2D eigenvalue weighted by atomic mass is 16.2. The van der Waals surface area contributed by atoms with E-state index in [9.17, 15) is 9.59 Å². The number of fused-ring (bicyclic) bond motifs is 1. The standard InChI is InChI=1S/C12H9N5O2/c13-11(18)9-10(7-3-4-14-6-15-7)16-8-2-1-5-17(8)12(9)19/h3-4,6H,1,5H2,(H2,13,18). The zero-order valence-electron chi connectivity index (χ0n) is 9.83. The van der Waals surface area contributed by atoms with Gasteiger partial charge in [-0.2, -0.15) is 0 Å². The summed E-state index contributed by atoms with van der Waals surface area (Å²) in [5.41, 5.74) is 5.26. The van der Waals surface area contributed by atoms with Crippen LogP contribution < -0.4 is 11.3 Å². The maximum absolute atomic E-state index is 12.2. The normalized spacial score (nSPS) is 13.3. The monoisotopic (exact) mass is 255 g/mol. The summed E-state index contributed by atoms with van der Waals surface area (Å²) in [6.45, 7) is 0.464. The van der Waals surface area contributed by atoms with Crippen molar-refractivity contribution in [2.45, 2.75) is 13.0 Å². The molecule has 0 unspecified atom stereocenters. The van der Waals surface area contributed by atoms with Gasteiger partial charge in [-0.05, 0) is 12.5 Å². The summed E-state index contributed by atoms with van der Waals surface area (Å²) in [4.78, 5) is 35.8. The van der Waals surface area contributed by atoms with Gasteiger partial charge >= 0.3 is 0 Å². The average Bonchev–Trinajstić information content (AvgIpc) is 2.87. The number of hydrogen-bond donors (Lipinski definition) is 1. The first-order chi connectivity index (χ1) is 9.18. The fourth-order valence-electron chi connectivity index (χ4n) is 2.01. The van der Waals surface area contributed by atoms with Crippen LogP contribution in [0.25, 0.3) is 11.4 Å². The number of carbonyl (C=O) groups excluding carboxylic acids is 1. The molecule has 3 rings (SSSR count). The van der Waals surface area contributed by atoms with E-state index in [0.717, 1.165) is 0 Å². The van der Waals surface area contributed by atoms with Gasteiger partial charge in [-0.15, -0.1) is 0 Å². The molecule has 7 heteroatoms. The predicted molar refractivity (Wildman–Crippen MR) is 65.0 cm³/mol. The lowest BCUT2D eigenvalue weighted by Crippen LogP contribution is -2.31. The molecule has 0 bridgehead atoms. The highest BCUT2D eigenvalue weighted by Gasteiger charge is 2.24. The van der Waals surface area contributed by atoms with E-state index in [1.54, 1.807) is 6.07 Å². The lowest BCUT2D eigenvalue weighted by Gasteiger charge is -2.09. The van der Waals surface area contributed by atoms with Crippen molar-refractivity contribution in [3.8, 4) is 11.4 Å². The molecule has 2 aromatic heterocycles. The van der Waals surface area contributed by atoms with E-state index in [4.69, 9.17) is 5.73 Å². The van der Waals surface area contributed by atoms with Crippen LogP contribution in [0.5, 0.6) is 0 Å². The van der Waals surface area contributed by atoms with Crippen molar-refractivity contribution in [1.82, 2.24) is 19.5 Å². The van der Waals surface area contributed by atoms with Gasteiger partial charge in [0.1, 0.15) is 23.4 Å². The van der Waals surface area contributed by atoms with E-state index in [2.05, 4.69) is 21.4 Å². The van der Waals surface area contributed by atoms with Crippen LogP contribution in [-0.4, -0.2) is 25.4 Å². The second-order valence-electron chi connectivity index (χ2n) is 4.00. The molecule has 0 aromatic carbocycles. The minimum Gasteiger partial charge on any atom is -0.365 e. The minimum atomic E-state index is -0.812. The van der Waals surface area contributed by atoms with Gasteiger partial charge in [-0.25, -0.2) is 15.0 Å². The van der Waals surface area contributed by atoms with Crippen molar-refractivity contribution in [3.05, 3.63) is 46.8 Å².